The monoisotopic (exact) mass is 327 g/mol. The first kappa shape index (κ1) is 15.4. The van der Waals surface area contributed by atoms with Crippen LogP contribution in [0.5, 0.6) is 5.75 Å². The molecule has 0 amide bonds. The minimum Gasteiger partial charge on any atom is -0.496 e. The predicted octanol–water partition coefficient (Wildman–Crippen LogP) is 2.90. The van der Waals surface area contributed by atoms with Gasteiger partial charge in [-0.25, -0.2) is 0 Å². The van der Waals surface area contributed by atoms with E-state index in [1.807, 2.05) is 25.1 Å². The van der Waals surface area contributed by atoms with E-state index in [0.717, 1.165) is 0 Å². The summed E-state index contributed by atoms with van der Waals surface area (Å²) in [6.45, 7) is 5.82. The minimum absolute atomic E-state index is 0.173. The molecule has 4 rings (SSSR count). The average Bonchev–Trinajstić information content (AvgIpc) is 2.97. The van der Waals surface area contributed by atoms with Crippen LogP contribution in [0.1, 0.15) is 36.7 Å². The van der Waals surface area contributed by atoms with E-state index >= 15 is 0 Å². The van der Waals surface area contributed by atoms with Gasteiger partial charge in [0.1, 0.15) is 28.4 Å². The number of nitrogens with zero attached hydrogens (tertiary/aromatic N) is 1. The Morgan fingerprint density at radius 1 is 1.46 bits per heavy atom. The molecule has 0 bridgehead atoms. The molecule has 5 nitrogen and oxygen atoms in total. The van der Waals surface area contributed by atoms with E-state index in [4.69, 9.17) is 9.26 Å². The fraction of sp³-hybridized carbons (Fsp3) is 0.421. The van der Waals surface area contributed by atoms with Crippen molar-refractivity contribution in [3.8, 4) is 17.0 Å². The Morgan fingerprint density at radius 2 is 2.25 bits per heavy atom. The number of aromatic nitrogens is 1. The topological polar surface area (TPSA) is 75.7 Å². The molecule has 5 heteroatoms. The van der Waals surface area contributed by atoms with Gasteiger partial charge in [0.15, 0.2) is 0 Å². The molecule has 0 aliphatic heterocycles. The average molecular weight is 327 g/mol. The SMILES string of the molecule is C=CC[C@]1(O)c2cccc(OC)c2-c2noc3c2[C@]1(O)C[C@@H](C)C3. The molecule has 1 aromatic heterocycles. The lowest BCUT2D eigenvalue weighted by molar-refractivity contribution is -0.179. The fourth-order valence-corrected chi connectivity index (χ4v) is 4.43. The summed E-state index contributed by atoms with van der Waals surface area (Å²) in [7, 11) is 1.58. The van der Waals surface area contributed by atoms with Crippen LogP contribution < -0.4 is 4.74 Å². The second-order valence-corrected chi connectivity index (χ2v) is 6.94. The smallest absolute Gasteiger partial charge is 0.143 e. The van der Waals surface area contributed by atoms with Gasteiger partial charge < -0.3 is 19.5 Å². The van der Waals surface area contributed by atoms with E-state index in [0.29, 0.717) is 46.7 Å². The Morgan fingerprint density at radius 3 is 2.96 bits per heavy atom. The molecule has 0 unspecified atom stereocenters. The zero-order valence-electron chi connectivity index (χ0n) is 13.9. The predicted molar refractivity (Wildman–Crippen MR) is 88.6 cm³/mol. The third-order valence-electron chi connectivity index (χ3n) is 5.41. The van der Waals surface area contributed by atoms with Gasteiger partial charge in [-0.1, -0.05) is 30.3 Å². The van der Waals surface area contributed by atoms with E-state index in [2.05, 4.69) is 11.7 Å². The van der Waals surface area contributed by atoms with Gasteiger partial charge in [0, 0.05) is 18.4 Å². The maximum absolute atomic E-state index is 11.7. The van der Waals surface area contributed by atoms with Crippen LogP contribution in [0.3, 0.4) is 0 Å². The molecule has 126 valence electrons. The number of benzene rings is 1. The van der Waals surface area contributed by atoms with Crippen LogP contribution in [-0.2, 0) is 17.6 Å². The van der Waals surface area contributed by atoms with E-state index in [1.165, 1.54) is 0 Å². The van der Waals surface area contributed by atoms with E-state index < -0.39 is 11.2 Å². The Hall–Kier alpha value is -2.11. The number of methoxy groups -OCH3 is 1. The summed E-state index contributed by atoms with van der Waals surface area (Å²) < 4.78 is 11.0. The highest BCUT2D eigenvalue weighted by atomic mass is 16.5. The van der Waals surface area contributed by atoms with Crippen molar-refractivity contribution in [2.45, 2.75) is 37.4 Å². The first-order chi connectivity index (χ1) is 11.5. The summed E-state index contributed by atoms with van der Waals surface area (Å²) in [5.41, 5.74) is -0.495. The van der Waals surface area contributed by atoms with Gasteiger partial charge in [-0.05, 0) is 18.4 Å². The summed E-state index contributed by atoms with van der Waals surface area (Å²) in [5, 5.41) is 27.5. The van der Waals surface area contributed by atoms with Gasteiger partial charge in [0.05, 0.1) is 18.2 Å². The van der Waals surface area contributed by atoms with Gasteiger partial charge in [0.2, 0.25) is 0 Å². The largest absolute Gasteiger partial charge is 0.496 e. The van der Waals surface area contributed by atoms with E-state index in [-0.39, 0.29) is 12.3 Å². The maximum Gasteiger partial charge on any atom is 0.143 e. The van der Waals surface area contributed by atoms with Crippen molar-refractivity contribution in [1.29, 1.82) is 0 Å². The quantitative estimate of drug-likeness (QED) is 0.848. The van der Waals surface area contributed by atoms with Crippen molar-refractivity contribution < 1.29 is 19.5 Å². The first-order valence-corrected chi connectivity index (χ1v) is 8.18. The van der Waals surface area contributed by atoms with Crippen LogP contribution in [0.25, 0.3) is 11.3 Å². The number of hydrogen-bond donors (Lipinski definition) is 2. The number of ether oxygens (including phenoxy) is 1. The summed E-state index contributed by atoms with van der Waals surface area (Å²) in [4.78, 5) is 0. The van der Waals surface area contributed by atoms with Gasteiger partial charge in [0.25, 0.3) is 0 Å². The van der Waals surface area contributed by atoms with Crippen molar-refractivity contribution in [3.05, 3.63) is 47.7 Å². The van der Waals surface area contributed by atoms with Crippen LogP contribution in [0.4, 0.5) is 0 Å². The molecule has 2 aliphatic rings. The Bertz CT molecular complexity index is 827. The van der Waals surface area contributed by atoms with Crippen LogP contribution in [0, 0.1) is 5.92 Å². The van der Waals surface area contributed by atoms with Crippen molar-refractivity contribution in [2.75, 3.05) is 7.11 Å². The van der Waals surface area contributed by atoms with Gasteiger partial charge in [-0.2, -0.15) is 0 Å². The van der Waals surface area contributed by atoms with Crippen molar-refractivity contribution >= 4 is 0 Å². The zero-order chi connectivity index (χ0) is 17.1. The third-order valence-corrected chi connectivity index (χ3v) is 5.41. The number of aliphatic hydroxyl groups is 2. The van der Waals surface area contributed by atoms with Crippen LogP contribution in [0.2, 0.25) is 0 Å². The summed E-state index contributed by atoms with van der Waals surface area (Å²) in [6, 6.07) is 5.45. The molecule has 24 heavy (non-hydrogen) atoms. The molecular formula is C19H21NO4. The molecular weight excluding hydrogens is 306 g/mol. The van der Waals surface area contributed by atoms with E-state index in [9.17, 15) is 10.2 Å². The molecule has 2 N–H and O–H groups in total. The molecule has 2 aromatic rings. The highest BCUT2D eigenvalue weighted by molar-refractivity contribution is 5.79. The third kappa shape index (κ3) is 1.69. The Balaban J connectivity index is 2.12. The summed E-state index contributed by atoms with van der Waals surface area (Å²) >= 11 is 0. The van der Waals surface area contributed by atoms with Crippen molar-refractivity contribution in [3.63, 3.8) is 0 Å². The summed E-state index contributed by atoms with van der Waals surface area (Å²) in [6.07, 6.45) is 2.99. The lowest BCUT2D eigenvalue weighted by Crippen LogP contribution is -2.54. The number of hydrogen-bond acceptors (Lipinski definition) is 5. The zero-order valence-corrected chi connectivity index (χ0v) is 13.9. The number of fused-ring (bicyclic) bond motifs is 2. The normalized spacial score (nSPS) is 30.4. The van der Waals surface area contributed by atoms with Gasteiger partial charge in [-0.15, -0.1) is 6.58 Å². The second-order valence-electron chi connectivity index (χ2n) is 6.94. The second kappa shape index (κ2) is 4.94. The maximum atomic E-state index is 11.7. The Labute approximate surface area is 140 Å². The molecule has 0 spiro atoms. The standard InChI is InChI=1S/C19H21NO4/c1-4-8-18(21)12-6-5-7-13(23-3)15(12)17-16-14(24-20-17)9-11(2)10-19(16,18)22/h4-7,11,21-22H,1,8-10H2,2-3H3/t11-,18-,19+/m0/s1. The molecule has 0 fully saturated rings. The van der Waals surface area contributed by atoms with E-state index in [1.54, 1.807) is 13.2 Å². The first-order valence-electron chi connectivity index (χ1n) is 8.18. The molecule has 1 heterocycles. The number of rotatable bonds is 3. The fourth-order valence-electron chi connectivity index (χ4n) is 4.43. The highest BCUT2D eigenvalue weighted by Gasteiger charge is 2.60. The van der Waals surface area contributed by atoms with Crippen LogP contribution in [-0.4, -0.2) is 22.5 Å². The molecule has 0 radical (unpaired) electrons. The van der Waals surface area contributed by atoms with Crippen LogP contribution >= 0.6 is 0 Å². The minimum atomic E-state index is -1.50. The molecule has 0 saturated heterocycles. The van der Waals surface area contributed by atoms with Gasteiger partial charge >= 0.3 is 0 Å². The van der Waals surface area contributed by atoms with Gasteiger partial charge in [-0.3, -0.25) is 0 Å². The summed E-state index contributed by atoms with van der Waals surface area (Å²) in [5.74, 6) is 1.42. The van der Waals surface area contributed by atoms with Crippen molar-refractivity contribution in [2.24, 2.45) is 5.92 Å². The Kier molecular flexibility index (Phi) is 3.18. The molecule has 2 aliphatic carbocycles. The van der Waals surface area contributed by atoms with Crippen LogP contribution in [0.15, 0.2) is 35.4 Å². The lowest BCUT2D eigenvalue weighted by atomic mass is 9.60. The van der Waals surface area contributed by atoms with Crippen molar-refractivity contribution in [1.82, 2.24) is 5.16 Å². The molecule has 0 saturated carbocycles. The lowest BCUT2D eigenvalue weighted by Gasteiger charge is -2.50. The molecule has 3 atom stereocenters. The molecule has 1 aromatic carbocycles. The highest BCUT2D eigenvalue weighted by Crippen LogP contribution is 2.60.